The first-order valence-corrected chi connectivity index (χ1v) is 7.23. The Labute approximate surface area is 120 Å². The predicted molar refractivity (Wildman–Crippen MR) is 73.3 cm³/mol. The van der Waals surface area contributed by atoms with E-state index in [4.69, 9.17) is 5.11 Å². The summed E-state index contributed by atoms with van der Waals surface area (Å²) in [6, 6.07) is 3.49. The van der Waals surface area contributed by atoms with E-state index >= 15 is 0 Å². The van der Waals surface area contributed by atoms with E-state index in [2.05, 4.69) is 5.32 Å². The Hall–Kier alpha value is -1.40. The van der Waals surface area contributed by atoms with Crippen LogP contribution in [-0.4, -0.2) is 29.4 Å². The lowest BCUT2D eigenvalue weighted by Gasteiger charge is -2.12. The molecule has 0 saturated carbocycles. The van der Waals surface area contributed by atoms with Gasteiger partial charge in [0.25, 0.3) is 0 Å². The van der Waals surface area contributed by atoms with Crippen LogP contribution in [0, 0.1) is 17.6 Å². The van der Waals surface area contributed by atoms with Gasteiger partial charge in [-0.05, 0) is 24.6 Å². The maximum atomic E-state index is 13.0. The van der Waals surface area contributed by atoms with Crippen molar-refractivity contribution < 1.29 is 18.7 Å². The van der Waals surface area contributed by atoms with Gasteiger partial charge in [-0.1, -0.05) is 12.2 Å². The maximum absolute atomic E-state index is 13.0. The summed E-state index contributed by atoms with van der Waals surface area (Å²) in [7, 11) is 0. The van der Waals surface area contributed by atoms with Crippen LogP contribution in [0.15, 0.2) is 35.2 Å². The molecule has 0 saturated heterocycles. The standard InChI is InChI=1S/C14H15F2NO2S/c15-12-4-3-11(6-13(12)16)20-8-14(19)17-10-2-1-9(5-10)7-18/h1-4,6,9-10,18H,5,7-8H2,(H,17,19)/t9-,10+/m0/s1. The van der Waals surface area contributed by atoms with Crippen molar-refractivity contribution in [3.8, 4) is 0 Å². The van der Waals surface area contributed by atoms with Gasteiger partial charge in [0, 0.05) is 23.5 Å². The van der Waals surface area contributed by atoms with Crippen LogP contribution in [0.4, 0.5) is 8.78 Å². The monoisotopic (exact) mass is 299 g/mol. The number of benzene rings is 1. The largest absolute Gasteiger partial charge is 0.396 e. The molecule has 108 valence electrons. The van der Waals surface area contributed by atoms with Crippen LogP contribution in [0.2, 0.25) is 0 Å². The molecule has 0 fully saturated rings. The van der Waals surface area contributed by atoms with Crippen LogP contribution in [0.3, 0.4) is 0 Å². The average Bonchev–Trinajstić information content (AvgIpc) is 2.88. The summed E-state index contributed by atoms with van der Waals surface area (Å²) < 4.78 is 25.7. The summed E-state index contributed by atoms with van der Waals surface area (Å²) in [4.78, 5) is 12.2. The highest BCUT2D eigenvalue weighted by Gasteiger charge is 2.19. The predicted octanol–water partition coefficient (Wildman–Crippen LogP) is 2.11. The van der Waals surface area contributed by atoms with Gasteiger partial charge in [0.15, 0.2) is 11.6 Å². The zero-order chi connectivity index (χ0) is 14.5. The molecule has 6 heteroatoms. The summed E-state index contributed by atoms with van der Waals surface area (Å²) in [5.41, 5.74) is 0. The number of hydrogen-bond donors (Lipinski definition) is 2. The van der Waals surface area contributed by atoms with Gasteiger partial charge >= 0.3 is 0 Å². The van der Waals surface area contributed by atoms with Crippen molar-refractivity contribution >= 4 is 17.7 Å². The van der Waals surface area contributed by atoms with Crippen molar-refractivity contribution in [1.82, 2.24) is 5.32 Å². The lowest BCUT2D eigenvalue weighted by molar-refractivity contribution is -0.119. The van der Waals surface area contributed by atoms with Crippen LogP contribution in [0.1, 0.15) is 6.42 Å². The fourth-order valence-electron chi connectivity index (χ4n) is 1.98. The molecule has 20 heavy (non-hydrogen) atoms. The number of carbonyl (C=O) groups is 1. The van der Waals surface area contributed by atoms with Gasteiger partial charge in [0.2, 0.25) is 5.91 Å². The van der Waals surface area contributed by atoms with Crippen LogP contribution in [-0.2, 0) is 4.79 Å². The number of thioether (sulfide) groups is 1. The molecule has 0 unspecified atom stereocenters. The highest BCUT2D eigenvalue weighted by Crippen LogP contribution is 2.21. The molecule has 0 radical (unpaired) electrons. The maximum Gasteiger partial charge on any atom is 0.230 e. The van der Waals surface area contributed by atoms with Crippen LogP contribution >= 0.6 is 11.8 Å². The smallest absolute Gasteiger partial charge is 0.230 e. The zero-order valence-corrected chi connectivity index (χ0v) is 11.5. The first-order chi connectivity index (χ1) is 9.58. The van der Waals surface area contributed by atoms with Crippen molar-refractivity contribution in [1.29, 1.82) is 0 Å². The minimum atomic E-state index is -0.917. The van der Waals surface area contributed by atoms with E-state index in [1.54, 1.807) is 0 Å². The third-order valence-corrected chi connectivity index (χ3v) is 4.01. The number of aliphatic hydroxyl groups excluding tert-OH is 1. The molecular weight excluding hydrogens is 284 g/mol. The molecule has 1 aliphatic carbocycles. The molecule has 0 bridgehead atoms. The second kappa shape index (κ2) is 6.85. The number of hydrogen-bond acceptors (Lipinski definition) is 3. The number of rotatable bonds is 5. The van der Waals surface area contributed by atoms with Crippen molar-refractivity contribution in [2.45, 2.75) is 17.4 Å². The third-order valence-electron chi connectivity index (χ3n) is 3.01. The fourth-order valence-corrected chi connectivity index (χ4v) is 2.71. The molecule has 0 aromatic heterocycles. The molecule has 1 aromatic carbocycles. The molecule has 2 rings (SSSR count). The SMILES string of the molecule is O=C(CSc1ccc(F)c(F)c1)N[C@@H]1C=C[C@H](CO)C1. The Bertz CT molecular complexity index is 522. The van der Waals surface area contributed by atoms with E-state index in [-0.39, 0.29) is 30.2 Å². The van der Waals surface area contributed by atoms with Crippen molar-refractivity contribution in [2.24, 2.45) is 5.92 Å². The summed E-state index contributed by atoms with van der Waals surface area (Å²) in [6.07, 6.45) is 4.44. The molecule has 2 atom stereocenters. The number of carbonyl (C=O) groups excluding carboxylic acids is 1. The minimum absolute atomic E-state index is 0.0646. The Morgan fingerprint density at radius 1 is 1.35 bits per heavy atom. The second-order valence-electron chi connectivity index (χ2n) is 4.60. The Kier molecular flexibility index (Phi) is 5.14. The first-order valence-electron chi connectivity index (χ1n) is 6.25. The molecular formula is C14H15F2NO2S. The van der Waals surface area contributed by atoms with Gasteiger partial charge in [0.05, 0.1) is 5.75 Å². The van der Waals surface area contributed by atoms with E-state index in [1.165, 1.54) is 6.07 Å². The summed E-state index contributed by atoms with van der Waals surface area (Å²) in [5, 5.41) is 11.8. The zero-order valence-electron chi connectivity index (χ0n) is 10.7. The highest BCUT2D eigenvalue weighted by molar-refractivity contribution is 8.00. The fraction of sp³-hybridized carbons (Fsp3) is 0.357. The van der Waals surface area contributed by atoms with Crippen molar-refractivity contribution in [3.63, 3.8) is 0 Å². The molecule has 1 aromatic rings. The Morgan fingerprint density at radius 3 is 2.80 bits per heavy atom. The average molecular weight is 299 g/mol. The molecule has 1 amide bonds. The van der Waals surface area contributed by atoms with E-state index in [0.29, 0.717) is 11.3 Å². The molecule has 0 heterocycles. The third kappa shape index (κ3) is 4.05. The highest BCUT2D eigenvalue weighted by atomic mass is 32.2. The lowest BCUT2D eigenvalue weighted by Crippen LogP contribution is -2.34. The number of halogens is 2. The van der Waals surface area contributed by atoms with Crippen molar-refractivity contribution in [2.75, 3.05) is 12.4 Å². The Morgan fingerprint density at radius 2 is 2.15 bits per heavy atom. The number of nitrogens with one attached hydrogen (secondary N) is 1. The van der Waals surface area contributed by atoms with Gasteiger partial charge < -0.3 is 10.4 Å². The second-order valence-corrected chi connectivity index (χ2v) is 5.65. The van der Waals surface area contributed by atoms with Gasteiger partial charge in [-0.25, -0.2) is 8.78 Å². The summed E-state index contributed by atoms with van der Waals surface area (Å²) in [6.45, 7) is 0.0759. The quantitative estimate of drug-likeness (QED) is 0.647. The van der Waals surface area contributed by atoms with Crippen LogP contribution in [0.25, 0.3) is 0 Å². The summed E-state index contributed by atoms with van der Waals surface area (Å²) in [5.74, 6) is -1.75. The molecule has 2 N–H and O–H groups in total. The van der Waals surface area contributed by atoms with E-state index < -0.39 is 11.6 Å². The number of amides is 1. The molecule has 1 aliphatic rings. The van der Waals surface area contributed by atoms with E-state index in [0.717, 1.165) is 23.9 Å². The normalized spacial score (nSPS) is 21.1. The molecule has 0 aliphatic heterocycles. The molecule has 3 nitrogen and oxygen atoms in total. The van der Waals surface area contributed by atoms with Crippen LogP contribution < -0.4 is 5.32 Å². The van der Waals surface area contributed by atoms with E-state index in [9.17, 15) is 13.6 Å². The topological polar surface area (TPSA) is 49.3 Å². The lowest BCUT2D eigenvalue weighted by atomic mass is 10.1. The van der Waals surface area contributed by atoms with Crippen molar-refractivity contribution in [3.05, 3.63) is 42.0 Å². The van der Waals surface area contributed by atoms with Crippen LogP contribution in [0.5, 0.6) is 0 Å². The first kappa shape index (κ1) is 15.0. The van der Waals surface area contributed by atoms with Gasteiger partial charge in [0.1, 0.15) is 0 Å². The summed E-state index contributed by atoms with van der Waals surface area (Å²) >= 11 is 1.15. The van der Waals surface area contributed by atoms with E-state index in [1.807, 2.05) is 12.2 Å². The van der Waals surface area contributed by atoms with Gasteiger partial charge in [-0.15, -0.1) is 11.8 Å². The van der Waals surface area contributed by atoms with Gasteiger partial charge in [-0.3, -0.25) is 4.79 Å². The molecule has 0 spiro atoms. The van der Waals surface area contributed by atoms with Gasteiger partial charge in [-0.2, -0.15) is 0 Å². The minimum Gasteiger partial charge on any atom is -0.396 e. The Balaban J connectivity index is 1.78. The number of aliphatic hydroxyl groups is 1.